The Morgan fingerprint density at radius 1 is 1.03 bits per heavy atom. The van der Waals surface area contributed by atoms with E-state index in [1.807, 2.05) is 37.3 Å². The van der Waals surface area contributed by atoms with Crippen molar-refractivity contribution >= 4 is 23.5 Å². The number of hydrogen-bond donors (Lipinski definition) is 0. The van der Waals surface area contributed by atoms with Gasteiger partial charge in [0, 0.05) is 23.6 Å². The predicted octanol–water partition coefficient (Wildman–Crippen LogP) is 5.28. The lowest BCUT2D eigenvalue weighted by Gasteiger charge is -2.09. The third-order valence-corrected chi connectivity index (χ3v) is 6.52. The smallest absolute Gasteiger partial charge is 0.341 e. The van der Waals surface area contributed by atoms with Crippen LogP contribution in [0.25, 0.3) is 11.1 Å². The van der Waals surface area contributed by atoms with Gasteiger partial charge in [-0.2, -0.15) is 0 Å². The van der Waals surface area contributed by atoms with Crippen molar-refractivity contribution in [2.24, 2.45) is 0 Å². The van der Waals surface area contributed by atoms with Crippen molar-refractivity contribution in [3.8, 4) is 11.1 Å². The Hall–Kier alpha value is -3.71. The van der Waals surface area contributed by atoms with E-state index in [-0.39, 0.29) is 12.4 Å². The van der Waals surface area contributed by atoms with Crippen molar-refractivity contribution in [1.82, 2.24) is 10.1 Å². The van der Waals surface area contributed by atoms with E-state index in [4.69, 9.17) is 9.26 Å². The van der Waals surface area contributed by atoms with Crippen LogP contribution in [-0.2, 0) is 16.9 Å². The minimum Gasteiger partial charge on any atom is -0.454 e. The second-order valence-electron chi connectivity index (χ2n) is 7.78. The molecule has 0 spiro atoms. The van der Waals surface area contributed by atoms with Gasteiger partial charge in [-0.25, -0.2) is 9.78 Å². The minimum absolute atomic E-state index is 0.244. The summed E-state index contributed by atoms with van der Waals surface area (Å²) in [6.45, 7) is 1.49. The normalized spacial score (nSPS) is 11.7. The number of rotatable bonds is 7. The lowest BCUT2D eigenvalue weighted by atomic mass is 10.0. The van der Waals surface area contributed by atoms with Crippen molar-refractivity contribution in [3.05, 3.63) is 101 Å². The number of carbonyl (C=O) groups is 2. The molecule has 0 aliphatic heterocycles. The summed E-state index contributed by atoms with van der Waals surface area (Å²) in [7, 11) is 0. The Balaban J connectivity index is 1.25. The van der Waals surface area contributed by atoms with Crippen molar-refractivity contribution in [1.29, 1.82) is 0 Å². The molecule has 0 saturated heterocycles. The third kappa shape index (κ3) is 4.45. The largest absolute Gasteiger partial charge is 0.454 e. The maximum atomic E-state index is 12.8. The van der Waals surface area contributed by atoms with Gasteiger partial charge in [-0.05, 0) is 53.8 Å². The van der Waals surface area contributed by atoms with Crippen LogP contribution in [-0.4, -0.2) is 28.5 Å². The van der Waals surface area contributed by atoms with Gasteiger partial charge in [-0.3, -0.25) is 4.79 Å². The fourth-order valence-electron chi connectivity index (χ4n) is 3.88. The van der Waals surface area contributed by atoms with Crippen LogP contribution < -0.4 is 0 Å². The first kappa shape index (κ1) is 21.2. The van der Waals surface area contributed by atoms with Gasteiger partial charge >= 0.3 is 5.97 Å². The summed E-state index contributed by atoms with van der Waals surface area (Å²) in [5.41, 5.74) is 6.28. The fraction of sp³-hybridized carbons (Fsp3) is 0.154. The highest BCUT2D eigenvalue weighted by atomic mass is 32.2. The van der Waals surface area contributed by atoms with Gasteiger partial charge in [0.25, 0.3) is 0 Å². The molecule has 2 aromatic carbocycles. The summed E-state index contributed by atoms with van der Waals surface area (Å²) in [6, 6.07) is 19.0. The SMILES string of the molecule is Cc1cc(CSc2ncccc2C(=O)OCC(=O)c2ccc3c(c2)-c2ccccc2C3)no1. The first-order valence-electron chi connectivity index (χ1n) is 10.5. The molecular weight excluding hydrogens is 436 g/mol. The van der Waals surface area contributed by atoms with E-state index in [1.54, 1.807) is 24.4 Å². The van der Waals surface area contributed by atoms with Crippen molar-refractivity contribution < 1.29 is 18.8 Å². The van der Waals surface area contributed by atoms with Crippen LogP contribution in [0.4, 0.5) is 0 Å². The van der Waals surface area contributed by atoms with Gasteiger partial charge in [0.05, 0.1) is 11.3 Å². The number of aromatic nitrogens is 2. The van der Waals surface area contributed by atoms with Crippen LogP contribution in [0.15, 0.2) is 76.4 Å². The Bertz CT molecular complexity index is 1360. The van der Waals surface area contributed by atoms with Crippen LogP contribution in [0.3, 0.4) is 0 Å². The van der Waals surface area contributed by atoms with E-state index in [2.05, 4.69) is 22.3 Å². The van der Waals surface area contributed by atoms with Gasteiger partial charge in [0.2, 0.25) is 0 Å². The number of esters is 1. The first-order valence-corrected chi connectivity index (χ1v) is 11.5. The molecule has 0 bridgehead atoms. The molecule has 0 amide bonds. The van der Waals surface area contributed by atoms with E-state index < -0.39 is 5.97 Å². The van der Waals surface area contributed by atoms with Crippen LogP contribution in [0, 0.1) is 6.92 Å². The quantitative estimate of drug-likeness (QED) is 0.187. The van der Waals surface area contributed by atoms with E-state index in [0.29, 0.717) is 21.9 Å². The van der Waals surface area contributed by atoms with E-state index >= 15 is 0 Å². The number of benzene rings is 2. The highest BCUT2D eigenvalue weighted by Gasteiger charge is 2.21. The molecule has 2 heterocycles. The molecule has 5 rings (SSSR count). The summed E-state index contributed by atoms with van der Waals surface area (Å²) >= 11 is 1.36. The highest BCUT2D eigenvalue weighted by Crippen LogP contribution is 2.36. The van der Waals surface area contributed by atoms with Crippen molar-refractivity contribution in [3.63, 3.8) is 0 Å². The Kier molecular flexibility index (Phi) is 5.79. The average molecular weight is 457 g/mol. The molecule has 4 aromatic rings. The molecule has 0 fully saturated rings. The van der Waals surface area contributed by atoms with Crippen molar-refractivity contribution in [2.75, 3.05) is 6.61 Å². The highest BCUT2D eigenvalue weighted by molar-refractivity contribution is 7.98. The molecule has 33 heavy (non-hydrogen) atoms. The predicted molar refractivity (Wildman–Crippen MR) is 124 cm³/mol. The fourth-order valence-corrected chi connectivity index (χ4v) is 4.74. The summed E-state index contributed by atoms with van der Waals surface area (Å²) in [4.78, 5) is 29.8. The van der Waals surface area contributed by atoms with Gasteiger partial charge in [-0.1, -0.05) is 53.3 Å². The number of carbonyl (C=O) groups excluding carboxylic acids is 2. The third-order valence-electron chi connectivity index (χ3n) is 5.48. The average Bonchev–Trinajstić information content (AvgIpc) is 3.43. The molecule has 0 N–H and O–H groups in total. The molecule has 7 heteroatoms. The maximum absolute atomic E-state index is 12.8. The van der Waals surface area contributed by atoms with Gasteiger partial charge in [0.1, 0.15) is 10.8 Å². The second kappa shape index (κ2) is 9.03. The molecular formula is C26H20N2O4S. The van der Waals surface area contributed by atoms with E-state index in [0.717, 1.165) is 29.0 Å². The van der Waals surface area contributed by atoms with Crippen molar-refractivity contribution in [2.45, 2.75) is 24.1 Å². The molecule has 0 unspecified atom stereocenters. The zero-order chi connectivity index (χ0) is 22.8. The van der Waals surface area contributed by atoms with Gasteiger partial charge < -0.3 is 9.26 Å². The van der Waals surface area contributed by atoms with E-state index in [1.165, 1.54) is 22.9 Å². The summed E-state index contributed by atoms with van der Waals surface area (Å²) in [5, 5.41) is 4.47. The lowest BCUT2D eigenvalue weighted by molar-refractivity contribution is 0.0470. The standard InChI is InChI=1S/C26H20N2O4S/c1-16-11-20(28-32-16)15-33-25-22(7-4-10-27-25)26(30)31-14-24(29)19-9-8-18-12-17-5-2-3-6-21(17)23(18)13-19/h2-11,13H,12,14-15H2,1H3. The van der Waals surface area contributed by atoms with E-state index in [9.17, 15) is 9.59 Å². The zero-order valence-electron chi connectivity index (χ0n) is 17.9. The number of aryl methyl sites for hydroxylation is 1. The van der Waals surface area contributed by atoms with Crippen LogP contribution in [0.5, 0.6) is 0 Å². The minimum atomic E-state index is -0.582. The van der Waals surface area contributed by atoms with Gasteiger partial charge in [0.15, 0.2) is 12.4 Å². The molecule has 164 valence electrons. The van der Waals surface area contributed by atoms with Crippen LogP contribution in [0.1, 0.15) is 43.3 Å². The molecule has 1 aliphatic rings. The molecule has 6 nitrogen and oxygen atoms in total. The zero-order valence-corrected chi connectivity index (χ0v) is 18.7. The van der Waals surface area contributed by atoms with Crippen LogP contribution >= 0.6 is 11.8 Å². The van der Waals surface area contributed by atoms with Gasteiger partial charge in [-0.15, -0.1) is 0 Å². The number of hydrogen-bond acceptors (Lipinski definition) is 7. The summed E-state index contributed by atoms with van der Waals surface area (Å²) in [6.07, 6.45) is 2.48. The number of ether oxygens (including phenoxy) is 1. The topological polar surface area (TPSA) is 82.3 Å². The molecule has 0 atom stereocenters. The molecule has 0 radical (unpaired) electrons. The summed E-state index contributed by atoms with van der Waals surface area (Å²) < 4.78 is 10.4. The number of fused-ring (bicyclic) bond motifs is 3. The molecule has 2 aromatic heterocycles. The molecule has 0 saturated carbocycles. The number of ketones is 1. The molecule has 1 aliphatic carbocycles. The number of nitrogens with zero attached hydrogens (tertiary/aromatic N) is 2. The summed E-state index contributed by atoms with van der Waals surface area (Å²) in [5.74, 6) is 0.401. The Morgan fingerprint density at radius 3 is 2.73 bits per heavy atom. The number of thioether (sulfide) groups is 1. The second-order valence-corrected chi connectivity index (χ2v) is 8.74. The monoisotopic (exact) mass is 456 g/mol. The Morgan fingerprint density at radius 2 is 1.88 bits per heavy atom. The first-order chi connectivity index (χ1) is 16.1. The maximum Gasteiger partial charge on any atom is 0.341 e. The lowest BCUT2D eigenvalue weighted by Crippen LogP contribution is -2.15. The number of Topliss-reactive ketones (excluding diaryl/α,β-unsaturated/α-hetero) is 1. The Labute approximate surface area is 195 Å². The van der Waals surface area contributed by atoms with Crippen LogP contribution in [0.2, 0.25) is 0 Å². The number of pyridine rings is 1.